The number of primary amides is 1. The van der Waals surface area contributed by atoms with Crippen LogP contribution in [0, 0.1) is 11.8 Å². The number of nitrogens with one attached hydrogen (secondary N) is 1. The molecule has 0 aromatic heterocycles. The number of carbonyl (C=O) groups excluding carboxylic acids is 1. The predicted octanol–water partition coefficient (Wildman–Crippen LogP) is 3.00. The normalized spacial score (nSPS) is 22.4. The molecule has 1 aromatic rings. The lowest BCUT2D eigenvalue weighted by molar-refractivity contribution is 0.100. The van der Waals surface area contributed by atoms with Gasteiger partial charge in [0, 0.05) is 12.1 Å². The predicted molar refractivity (Wildman–Crippen MR) is 83.6 cm³/mol. The van der Waals surface area contributed by atoms with Crippen molar-refractivity contribution in [3.8, 4) is 0 Å². The Kier molecular flexibility index (Phi) is 4.88. The van der Waals surface area contributed by atoms with Gasteiger partial charge in [-0.3, -0.25) is 4.79 Å². The Morgan fingerprint density at radius 1 is 1.40 bits per heavy atom. The van der Waals surface area contributed by atoms with Crippen LogP contribution in [0.25, 0.3) is 0 Å². The molecule has 20 heavy (non-hydrogen) atoms. The molecule has 2 rings (SSSR count). The van der Waals surface area contributed by atoms with Gasteiger partial charge in [-0.15, -0.1) is 0 Å². The van der Waals surface area contributed by atoms with E-state index < -0.39 is 5.91 Å². The van der Waals surface area contributed by atoms with Gasteiger partial charge in [-0.2, -0.15) is 0 Å². The number of rotatable bonds is 5. The standard InChI is InChI=1S/C16H25N3O/c1-11-3-2-4-12(9-11)7-8-19-15-10-13(16(18)20)5-6-14(15)17/h5-6,10-12,19H,2-4,7-9,17H2,1H3,(H2,18,20). The molecular weight excluding hydrogens is 250 g/mol. The topological polar surface area (TPSA) is 81.1 Å². The van der Waals surface area contributed by atoms with Crippen LogP contribution in [0.3, 0.4) is 0 Å². The SMILES string of the molecule is CC1CCCC(CCNc2cc(C(N)=O)ccc2N)C1. The highest BCUT2D eigenvalue weighted by Gasteiger charge is 2.18. The lowest BCUT2D eigenvalue weighted by atomic mass is 9.81. The lowest BCUT2D eigenvalue weighted by Crippen LogP contribution is -2.17. The average Bonchev–Trinajstić information content (AvgIpc) is 2.40. The highest BCUT2D eigenvalue weighted by atomic mass is 16.1. The van der Waals surface area contributed by atoms with Gasteiger partial charge < -0.3 is 16.8 Å². The molecule has 1 aromatic carbocycles. The molecular formula is C16H25N3O. The summed E-state index contributed by atoms with van der Waals surface area (Å²) in [7, 11) is 0. The second-order valence-electron chi connectivity index (χ2n) is 6.02. The molecule has 2 atom stereocenters. The summed E-state index contributed by atoms with van der Waals surface area (Å²) in [6.07, 6.45) is 6.55. The summed E-state index contributed by atoms with van der Waals surface area (Å²) in [5.74, 6) is 1.25. The van der Waals surface area contributed by atoms with E-state index in [1.165, 1.54) is 25.7 Å². The van der Waals surface area contributed by atoms with Gasteiger partial charge in [-0.05, 0) is 42.9 Å². The Morgan fingerprint density at radius 3 is 2.90 bits per heavy atom. The number of amides is 1. The number of benzene rings is 1. The zero-order chi connectivity index (χ0) is 14.5. The van der Waals surface area contributed by atoms with Gasteiger partial charge in [0.25, 0.3) is 0 Å². The first-order valence-corrected chi connectivity index (χ1v) is 7.49. The Morgan fingerprint density at radius 2 is 2.20 bits per heavy atom. The largest absolute Gasteiger partial charge is 0.397 e. The summed E-state index contributed by atoms with van der Waals surface area (Å²) in [5, 5.41) is 3.34. The monoisotopic (exact) mass is 275 g/mol. The van der Waals surface area contributed by atoms with Crippen molar-refractivity contribution >= 4 is 17.3 Å². The molecule has 2 unspecified atom stereocenters. The van der Waals surface area contributed by atoms with E-state index in [9.17, 15) is 4.79 Å². The van der Waals surface area contributed by atoms with E-state index in [1.807, 2.05) is 0 Å². The van der Waals surface area contributed by atoms with Gasteiger partial charge in [0.1, 0.15) is 0 Å². The van der Waals surface area contributed by atoms with Crippen LogP contribution in [-0.2, 0) is 0 Å². The Balaban J connectivity index is 1.87. The van der Waals surface area contributed by atoms with Crippen molar-refractivity contribution in [3.63, 3.8) is 0 Å². The first kappa shape index (κ1) is 14.7. The third-order valence-electron chi connectivity index (χ3n) is 4.25. The maximum Gasteiger partial charge on any atom is 0.248 e. The number of hydrogen-bond donors (Lipinski definition) is 3. The van der Waals surface area contributed by atoms with Gasteiger partial charge in [-0.25, -0.2) is 0 Å². The molecule has 4 heteroatoms. The van der Waals surface area contributed by atoms with Crippen LogP contribution in [0.2, 0.25) is 0 Å². The molecule has 1 aliphatic carbocycles. The second kappa shape index (κ2) is 6.64. The minimum Gasteiger partial charge on any atom is -0.397 e. The quantitative estimate of drug-likeness (QED) is 0.722. The zero-order valence-electron chi connectivity index (χ0n) is 12.2. The highest BCUT2D eigenvalue weighted by Crippen LogP contribution is 2.30. The van der Waals surface area contributed by atoms with E-state index in [2.05, 4.69) is 12.2 Å². The molecule has 110 valence electrons. The molecule has 1 aliphatic rings. The number of nitrogens with two attached hydrogens (primary N) is 2. The third-order valence-corrected chi connectivity index (χ3v) is 4.25. The van der Waals surface area contributed by atoms with Crippen molar-refractivity contribution in [2.45, 2.75) is 39.0 Å². The van der Waals surface area contributed by atoms with Gasteiger partial charge >= 0.3 is 0 Å². The van der Waals surface area contributed by atoms with Crippen molar-refractivity contribution in [1.82, 2.24) is 0 Å². The Hall–Kier alpha value is -1.71. The van der Waals surface area contributed by atoms with Gasteiger partial charge in [-0.1, -0.05) is 26.2 Å². The number of hydrogen-bond acceptors (Lipinski definition) is 3. The molecule has 0 bridgehead atoms. The van der Waals surface area contributed by atoms with Crippen LogP contribution in [0.5, 0.6) is 0 Å². The molecule has 0 saturated heterocycles. The van der Waals surface area contributed by atoms with Crippen LogP contribution in [-0.4, -0.2) is 12.5 Å². The zero-order valence-corrected chi connectivity index (χ0v) is 12.2. The van der Waals surface area contributed by atoms with Crippen LogP contribution in [0.4, 0.5) is 11.4 Å². The number of anilines is 2. The number of carbonyl (C=O) groups is 1. The van der Waals surface area contributed by atoms with E-state index in [0.29, 0.717) is 11.3 Å². The van der Waals surface area contributed by atoms with Crippen molar-refractivity contribution in [2.75, 3.05) is 17.6 Å². The van der Waals surface area contributed by atoms with Crippen LogP contribution >= 0.6 is 0 Å². The minimum atomic E-state index is -0.422. The fourth-order valence-electron chi connectivity index (χ4n) is 3.10. The molecule has 0 radical (unpaired) electrons. The van der Waals surface area contributed by atoms with E-state index in [-0.39, 0.29) is 0 Å². The van der Waals surface area contributed by atoms with Crippen LogP contribution < -0.4 is 16.8 Å². The molecule has 1 fully saturated rings. The Bertz CT molecular complexity index is 473. The van der Waals surface area contributed by atoms with E-state index in [0.717, 1.165) is 30.5 Å². The minimum absolute atomic E-state index is 0.422. The summed E-state index contributed by atoms with van der Waals surface area (Å²) in [6, 6.07) is 5.12. The molecule has 1 amide bonds. The lowest BCUT2D eigenvalue weighted by Gasteiger charge is -2.26. The van der Waals surface area contributed by atoms with Gasteiger partial charge in [0.2, 0.25) is 5.91 Å². The molecule has 5 N–H and O–H groups in total. The van der Waals surface area contributed by atoms with Crippen molar-refractivity contribution in [1.29, 1.82) is 0 Å². The number of nitrogen functional groups attached to an aromatic ring is 1. The van der Waals surface area contributed by atoms with Crippen molar-refractivity contribution in [3.05, 3.63) is 23.8 Å². The maximum absolute atomic E-state index is 11.2. The first-order valence-electron chi connectivity index (χ1n) is 7.49. The molecule has 0 spiro atoms. The van der Waals surface area contributed by atoms with Crippen molar-refractivity contribution in [2.24, 2.45) is 17.6 Å². The molecule has 4 nitrogen and oxygen atoms in total. The summed E-state index contributed by atoms with van der Waals surface area (Å²) in [4.78, 5) is 11.2. The average molecular weight is 275 g/mol. The maximum atomic E-state index is 11.2. The Labute approximate surface area is 120 Å². The third kappa shape index (κ3) is 3.89. The first-order chi connectivity index (χ1) is 9.56. The van der Waals surface area contributed by atoms with Gasteiger partial charge in [0.05, 0.1) is 11.4 Å². The smallest absolute Gasteiger partial charge is 0.248 e. The molecule has 1 saturated carbocycles. The van der Waals surface area contributed by atoms with Crippen LogP contribution in [0.1, 0.15) is 49.4 Å². The summed E-state index contributed by atoms with van der Waals surface area (Å²) >= 11 is 0. The van der Waals surface area contributed by atoms with Gasteiger partial charge in [0.15, 0.2) is 0 Å². The van der Waals surface area contributed by atoms with Crippen molar-refractivity contribution < 1.29 is 4.79 Å². The van der Waals surface area contributed by atoms with E-state index in [4.69, 9.17) is 11.5 Å². The summed E-state index contributed by atoms with van der Waals surface area (Å²) < 4.78 is 0. The van der Waals surface area contributed by atoms with Crippen LogP contribution in [0.15, 0.2) is 18.2 Å². The van der Waals surface area contributed by atoms with E-state index in [1.54, 1.807) is 18.2 Å². The fourth-order valence-corrected chi connectivity index (χ4v) is 3.10. The molecule has 0 heterocycles. The fraction of sp³-hybridized carbons (Fsp3) is 0.562. The summed E-state index contributed by atoms with van der Waals surface area (Å²) in [5.41, 5.74) is 13.2. The second-order valence-corrected chi connectivity index (χ2v) is 6.02. The molecule has 0 aliphatic heterocycles. The van der Waals surface area contributed by atoms with E-state index >= 15 is 0 Å². The highest BCUT2D eigenvalue weighted by molar-refractivity contribution is 5.94. The summed E-state index contributed by atoms with van der Waals surface area (Å²) in [6.45, 7) is 3.23.